The molecule has 0 radical (unpaired) electrons. The fourth-order valence-electron chi connectivity index (χ4n) is 6.30. The maximum atomic E-state index is 15.2. The number of hydrogen-bond acceptors (Lipinski definition) is 7. The van der Waals surface area contributed by atoms with Crippen molar-refractivity contribution in [1.82, 2.24) is 24.9 Å². The predicted octanol–water partition coefficient (Wildman–Crippen LogP) is 4.53. The van der Waals surface area contributed by atoms with E-state index in [1.807, 2.05) is 6.07 Å². The molecule has 6 rings (SSSR count). The molecular formula is C30H33F2N7O2. The summed E-state index contributed by atoms with van der Waals surface area (Å²) in [5.74, 6) is -0.995. The molecule has 11 heteroatoms. The van der Waals surface area contributed by atoms with Gasteiger partial charge in [0, 0.05) is 25.2 Å². The Hall–Kier alpha value is -3.96. The third-order valence-electron chi connectivity index (χ3n) is 8.60. The average Bonchev–Trinajstić information content (AvgIpc) is 3.31. The predicted molar refractivity (Wildman–Crippen MR) is 150 cm³/mol. The number of carbonyl (C=O) groups is 1. The highest BCUT2D eigenvalue weighted by Gasteiger charge is 2.38. The SMILES string of the molecule is CC(=O)NC1C(C)CC(c2ccncc2Nc2ncc3ccc(-c4c(F)cc(C5(O)CCC5)cc4F)nn23)CC1N. The maximum Gasteiger partial charge on any atom is 0.229 e. The molecule has 0 saturated heterocycles. The molecule has 9 nitrogen and oxygen atoms in total. The van der Waals surface area contributed by atoms with Crippen LogP contribution in [-0.2, 0) is 10.4 Å². The third kappa shape index (κ3) is 5.04. The van der Waals surface area contributed by atoms with E-state index in [1.165, 1.54) is 23.6 Å². The van der Waals surface area contributed by atoms with Crippen LogP contribution >= 0.6 is 0 Å². The van der Waals surface area contributed by atoms with E-state index in [0.717, 1.165) is 24.1 Å². The van der Waals surface area contributed by atoms with Gasteiger partial charge in [0.2, 0.25) is 11.9 Å². The molecule has 4 aromatic rings. The zero-order chi connectivity index (χ0) is 28.9. The van der Waals surface area contributed by atoms with Crippen LogP contribution in [0.15, 0.2) is 48.9 Å². The number of aliphatic hydroxyl groups is 1. The zero-order valence-electron chi connectivity index (χ0n) is 22.9. The first-order chi connectivity index (χ1) is 19.6. The number of nitrogens with one attached hydrogen (secondary N) is 2. The van der Waals surface area contributed by atoms with E-state index in [4.69, 9.17) is 5.73 Å². The zero-order valence-corrected chi connectivity index (χ0v) is 22.9. The Morgan fingerprint density at radius 3 is 2.56 bits per heavy atom. The van der Waals surface area contributed by atoms with Gasteiger partial charge < -0.3 is 21.5 Å². The fourth-order valence-corrected chi connectivity index (χ4v) is 6.30. The summed E-state index contributed by atoms with van der Waals surface area (Å²) in [6.45, 7) is 3.59. The number of halogens is 2. The number of rotatable bonds is 6. The number of hydrogen-bond donors (Lipinski definition) is 4. The van der Waals surface area contributed by atoms with Gasteiger partial charge in [0.15, 0.2) is 0 Å². The van der Waals surface area contributed by atoms with Gasteiger partial charge in [-0.05, 0) is 85.4 Å². The van der Waals surface area contributed by atoms with E-state index in [-0.39, 0.29) is 46.6 Å². The minimum atomic E-state index is -1.18. The molecule has 1 aromatic carbocycles. The van der Waals surface area contributed by atoms with E-state index in [9.17, 15) is 9.90 Å². The molecule has 5 N–H and O–H groups in total. The smallest absolute Gasteiger partial charge is 0.229 e. The van der Waals surface area contributed by atoms with Gasteiger partial charge in [0.05, 0.1) is 40.5 Å². The number of benzene rings is 1. The molecule has 214 valence electrons. The highest BCUT2D eigenvalue weighted by Crippen LogP contribution is 2.43. The number of aromatic nitrogens is 4. The molecule has 0 spiro atoms. The Bertz CT molecular complexity index is 1580. The minimum absolute atomic E-state index is 0.0904. The monoisotopic (exact) mass is 561 g/mol. The molecule has 2 aliphatic carbocycles. The summed E-state index contributed by atoms with van der Waals surface area (Å²) in [5, 5.41) is 21.4. The first kappa shape index (κ1) is 27.2. The molecule has 1 amide bonds. The molecule has 2 saturated carbocycles. The van der Waals surface area contributed by atoms with Crippen molar-refractivity contribution in [2.45, 2.75) is 69.6 Å². The van der Waals surface area contributed by atoms with E-state index in [2.05, 4.69) is 32.6 Å². The Balaban J connectivity index is 1.30. The second kappa shape index (κ2) is 10.5. The summed E-state index contributed by atoms with van der Waals surface area (Å²) >= 11 is 0. The van der Waals surface area contributed by atoms with Crippen LogP contribution in [0.2, 0.25) is 0 Å². The quantitative estimate of drug-likeness (QED) is 0.272. The lowest BCUT2D eigenvalue weighted by molar-refractivity contribution is -0.120. The van der Waals surface area contributed by atoms with Crippen LogP contribution in [0.4, 0.5) is 20.4 Å². The van der Waals surface area contributed by atoms with Gasteiger partial charge in [-0.15, -0.1) is 0 Å². The van der Waals surface area contributed by atoms with Gasteiger partial charge in [-0.2, -0.15) is 9.61 Å². The van der Waals surface area contributed by atoms with Gasteiger partial charge in [-0.25, -0.2) is 13.8 Å². The molecule has 41 heavy (non-hydrogen) atoms. The van der Waals surface area contributed by atoms with Gasteiger partial charge in [0.25, 0.3) is 0 Å². The molecule has 4 unspecified atom stereocenters. The lowest BCUT2D eigenvalue weighted by Crippen LogP contribution is -2.54. The van der Waals surface area contributed by atoms with Crippen LogP contribution in [0.1, 0.15) is 63.0 Å². The average molecular weight is 562 g/mol. The second-order valence-electron chi connectivity index (χ2n) is 11.5. The third-order valence-corrected chi connectivity index (χ3v) is 8.60. The number of fused-ring (bicyclic) bond motifs is 1. The largest absolute Gasteiger partial charge is 0.385 e. The van der Waals surface area contributed by atoms with E-state index in [0.29, 0.717) is 30.7 Å². The molecular weight excluding hydrogens is 528 g/mol. The Morgan fingerprint density at radius 2 is 1.90 bits per heavy atom. The number of nitrogens with two attached hydrogens (primary N) is 1. The summed E-state index contributed by atoms with van der Waals surface area (Å²) in [7, 11) is 0. The van der Waals surface area contributed by atoms with Gasteiger partial charge in [0.1, 0.15) is 11.6 Å². The van der Waals surface area contributed by atoms with Crippen molar-refractivity contribution in [3.8, 4) is 11.3 Å². The molecule has 0 bridgehead atoms. The second-order valence-corrected chi connectivity index (χ2v) is 11.5. The molecule has 3 aromatic heterocycles. The van der Waals surface area contributed by atoms with Crippen LogP contribution in [0.3, 0.4) is 0 Å². The standard InChI is InChI=1S/C30H33F2N7O2/c1-16-10-18(11-24(33)28(16)36-17(2)40)21-6-9-34-15-26(21)37-29-35-14-20-4-5-25(38-39(20)29)27-22(31)12-19(13-23(27)32)30(41)7-3-8-30/h4-6,9,12-16,18,24,28,41H,3,7-8,10-11,33H2,1-2H3,(H,35,37)(H,36,40). The van der Waals surface area contributed by atoms with Crippen molar-refractivity contribution in [2.75, 3.05) is 5.32 Å². The topological polar surface area (TPSA) is 130 Å². The highest BCUT2D eigenvalue weighted by atomic mass is 19.1. The molecule has 0 aliphatic heterocycles. The van der Waals surface area contributed by atoms with Crippen LogP contribution in [0.25, 0.3) is 16.8 Å². The lowest BCUT2D eigenvalue weighted by Gasteiger charge is -2.39. The number of carbonyl (C=O) groups excluding carboxylic acids is 1. The number of imidazole rings is 1. The summed E-state index contributed by atoms with van der Waals surface area (Å²) in [5.41, 5.74) is 7.78. The number of pyridine rings is 1. The number of anilines is 2. The summed E-state index contributed by atoms with van der Waals surface area (Å²) in [6, 6.07) is 7.29. The molecule has 4 atom stereocenters. The van der Waals surface area contributed by atoms with Crippen molar-refractivity contribution < 1.29 is 18.7 Å². The van der Waals surface area contributed by atoms with Crippen LogP contribution in [0, 0.1) is 17.6 Å². The van der Waals surface area contributed by atoms with Crippen molar-refractivity contribution in [1.29, 1.82) is 0 Å². The fraction of sp³-hybridized carbons (Fsp3) is 0.400. The van der Waals surface area contributed by atoms with E-state index < -0.39 is 17.2 Å². The van der Waals surface area contributed by atoms with Gasteiger partial charge in [-0.1, -0.05) is 6.92 Å². The molecule has 2 aliphatic rings. The molecule has 3 heterocycles. The van der Waals surface area contributed by atoms with Crippen LogP contribution in [0.5, 0.6) is 0 Å². The maximum absolute atomic E-state index is 15.2. The Morgan fingerprint density at radius 1 is 1.15 bits per heavy atom. The number of amides is 1. The van der Waals surface area contributed by atoms with Gasteiger partial charge >= 0.3 is 0 Å². The van der Waals surface area contributed by atoms with Crippen molar-refractivity contribution >= 4 is 23.1 Å². The lowest BCUT2D eigenvalue weighted by atomic mass is 9.73. The van der Waals surface area contributed by atoms with Gasteiger partial charge in [-0.3, -0.25) is 9.78 Å². The first-order valence-corrected chi connectivity index (χ1v) is 13.9. The molecule has 2 fully saturated rings. The van der Waals surface area contributed by atoms with Crippen molar-refractivity contribution in [2.24, 2.45) is 11.7 Å². The van der Waals surface area contributed by atoms with Crippen molar-refractivity contribution in [3.63, 3.8) is 0 Å². The Labute approximate surface area is 236 Å². The van der Waals surface area contributed by atoms with E-state index >= 15 is 8.78 Å². The van der Waals surface area contributed by atoms with Crippen LogP contribution in [-0.4, -0.2) is 42.7 Å². The normalized spacial score (nSPS) is 23.7. The highest BCUT2D eigenvalue weighted by molar-refractivity contribution is 5.73. The van der Waals surface area contributed by atoms with Crippen LogP contribution < -0.4 is 16.4 Å². The van der Waals surface area contributed by atoms with Crippen molar-refractivity contribution in [3.05, 3.63) is 71.7 Å². The summed E-state index contributed by atoms with van der Waals surface area (Å²) < 4.78 is 31.9. The summed E-state index contributed by atoms with van der Waals surface area (Å²) in [6.07, 6.45) is 8.35. The first-order valence-electron chi connectivity index (χ1n) is 13.9. The Kier molecular flexibility index (Phi) is 6.95. The summed E-state index contributed by atoms with van der Waals surface area (Å²) in [4.78, 5) is 20.4. The van der Waals surface area contributed by atoms with E-state index in [1.54, 1.807) is 30.7 Å². The minimum Gasteiger partial charge on any atom is -0.385 e. The number of nitrogens with zero attached hydrogens (tertiary/aromatic N) is 4.